The molecule has 18 heteroatoms. The predicted molar refractivity (Wildman–Crippen MR) is 267 cm³/mol. The second-order valence-corrected chi connectivity index (χ2v) is 20.7. The molecule has 6 aliphatic heterocycles. The summed E-state index contributed by atoms with van der Waals surface area (Å²) in [7, 11) is 0. The molecule has 3 aromatic rings. The standard InChI is InChI=1S/C54H69N7O11/c1-31(2)29-59-20-16-54(17-21-59)57-44-41-42-48(66)35(6)50-43(41)51(68)53(7,72-50)70-26-9-8-13-37(71-40(64)28-39(63)61-24-22-60(23-25-61)30-36-14-18-55-19-15-36)27-38(62)34(5)47(65)32(3)11-10-12-33(4)52(69)56-46(49(42)67)45(44)58-54/h9-12,14-15,18-19,26,31-32,34,37-38,47,62,65-67H,8,13,16-17,20-25,27-30H2,1-7H3,(H,56,69)/b11-10+,26-9+,33-12-/t32-,34-,37?,38?,47-,53-/m0/s1. The van der Waals surface area contributed by atoms with Crippen LogP contribution in [0.2, 0.25) is 0 Å². The third kappa shape index (κ3) is 10.9. The summed E-state index contributed by atoms with van der Waals surface area (Å²) < 4.78 is 18.3. The molecule has 7 heterocycles. The van der Waals surface area contributed by atoms with E-state index in [4.69, 9.17) is 24.2 Å². The summed E-state index contributed by atoms with van der Waals surface area (Å²) in [5.74, 6) is -5.78. The first-order valence-electron chi connectivity index (χ1n) is 25.2. The van der Waals surface area contributed by atoms with Crippen LogP contribution < -0.4 is 20.8 Å². The highest BCUT2D eigenvalue weighted by atomic mass is 16.7. The first-order valence-corrected chi connectivity index (χ1v) is 25.2. The average molecular weight is 992 g/mol. The van der Waals surface area contributed by atoms with Gasteiger partial charge >= 0.3 is 11.8 Å². The fraction of sp³-hybridized carbons (Fsp3) is 0.537. The number of aliphatic hydroxyl groups excluding tert-OH is 2. The molecule has 0 radical (unpaired) electrons. The Balaban J connectivity index is 1.08. The van der Waals surface area contributed by atoms with Gasteiger partial charge in [-0.05, 0) is 56.4 Å². The maximum absolute atomic E-state index is 14.7. The number of nitrogens with one attached hydrogen (secondary N) is 1. The molecular weight excluding hydrogens is 923 g/mol. The minimum absolute atomic E-state index is 0.0392. The van der Waals surface area contributed by atoms with Crippen molar-refractivity contribution in [3.8, 4) is 17.2 Å². The van der Waals surface area contributed by atoms with Crippen molar-refractivity contribution >= 4 is 40.0 Å². The second kappa shape index (κ2) is 21.5. The Kier molecular flexibility index (Phi) is 15.5. The number of allylic oxidation sites excluding steroid dienone is 3. The average Bonchev–Trinajstić information content (AvgIpc) is 3.85. The van der Waals surface area contributed by atoms with Crippen molar-refractivity contribution in [2.24, 2.45) is 27.7 Å². The van der Waals surface area contributed by atoms with Gasteiger partial charge in [-0.15, -0.1) is 0 Å². The van der Waals surface area contributed by atoms with Gasteiger partial charge in [0.1, 0.15) is 35.1 Å². The predicted octanol–water partition coefficient (Wildman–Crippen LogP) is 4.74. The van der Waals surface area contributed by atoms with Crippen molar-refractivity contribution in [3.05, 3.63) is 88.1 Å². The number of nitrogens with zero attached hydrogens (tertiary/aromatic N) is 6. The SMILES string of the molecule is C/C1=C/C=C/[C@H](C)[C@H](O)[C@@H](C)C(O)CC(OC(=O)CC(=O)N2CCN(Cc3ccncc3)CC2)CC/C=C/O[C@@]2(C)Oc3c(C)c(O)c4c(O)c(c5c(c4c3C2=O)=NC2(CCN(CC(C)C)CC2)N=5)NC1=O. The Morgan fingerprint density at radius 1 is 0.944 bits per heavy atom. The van der Waals surface area contributed by atoms with Crippen LogP contribution in [0.1, 0.15) is 102 Å². The normalized spacial score (nSPS) is 27.8. The topological polar surface area (TPSA) is 236 Å². The van der Waals surface area contributed by atoms with E-state index in [9.17, 15) is 39.6 Å². The molecule has 0 saturated carbocycles. The van der Waals surface area contributed by atoms with Crippen molar-refractivity contribution in [2.45, 2.75) is 123 Å². The van der Waals surface area contributed by atoms with Gasteiger partial charge in [0.25, 0.3) is 11.7 Å². The number of pyridine rings is 1. The van der Waals surface area contributed by atoms with Crippen LogP contribution in [0.25, 0.3) is 10.8 Å². The lowest BCUT2D eigenvalue weighted by molar-refractivity contribution is -0.155. The Hall–Kier alpha value is -6.21. The number of ketones is 1. The minimum atomic E-state index is -1.94. The van der Waals surface area contributed by atoms with Gasteiger partial charge in [-0.2, -0.15) is 0 Å². The smallest absolute Gasteiger partial charge is 0.315 e. The molecule has 6 atom stereocenters. The molecule has 18 nitrogen and oxygen atoms in total. The largest absolute Gasteiger partial charge is 0.507 e. The van der Waals surface area contributed by atoms with E-state index in [1.54, 1.807) is 69.3 Å². The Morgan fingerprint density at radius 2 is 1.64 bits per heavy atom. The molecule has 2 fully saturated rings. The van der Waals surface area contributed by atoms with Crippen LogP contribution in [0, 0.1) is 24.7 Å². The van der Waals surface area contributed by atoms with Crippen molar-refractivity contribution in [1.82, 2.24) is 19.7 Å². The zero-order chi connectivity index (χ0) is 51.6. The number of amides is 2. The van der Waals surface area contributed by atoms with Crippen molar-refractivity contribution in [1.29, 1.82) is 0 Å². The number of aromatic hydroxyl groups is 2. The number of aromatic nitrogens is 1. The molecule has 5 bridgehead atoms. The van der Waals surface area contributed by atoms with Crippen molar-refractivity contribution in [2.75, 3.05) is 51.1 Å². The highest BCUT2D eigenvalue weighted by Crippen LogP contribution is 2.50. The molecule has 2 unspecified atom stereocenters. The number of fused-ring (bicyclic) bond motifs is 13. The quantitative estimate of drug-likeness (QED) is 0.122. The minimum Gasteiger partial charge on any atom is -0.507 e. The molecular formula is C54H69N7O11. The van der Waals surface area contributed by atoms with Crippen molar-refractivity contribution in [3.63, 3.8) is 0 Å². The lowest BCUT2D eigenvalue weighted by atomic mass is 9.86. The summed E-state index contributed by atoms with van der Waals surface area (Å²) in [6.07, 6.45) is 9.23. The van der Waals surface area contributed by atoms with Crippen LogP contribution in [-0.4, -0.2) is 139 Å². The summed E-state index contributed by atoms with van der Waals surface area (Å²) in [5.41, 5.74) is 0.528. The number of hydrogen-bond acceptors (Lipinski definition) is 16. The molecule has 1 spiro atoms. The molecule has 2 amide bonds. The van der Waals surface area contributed by atoms with Gasteiger partial charge in [0.2, 0.25) is 5.91 Å². The van der Waals surface area contributed by atoms with E-state index in [0.29, 0.717) is 58.0 Å². The number of phenols is 2. The number of piperazine rings is 1. The highest BCUT2D eigenvalue weighted by molar-refractivity contribution is 6.19. The molecule has 5 N–H and O–H groups in total. The van der Waals surface area contributed by atoms with E-state index < -0.39 is 71.4 Å². The summed E-state index contributed by atoms with van der Waals surface area (Å²) >= 11 is 0. The van der Waals surface area contributed by atoms with E-state index >= 15 is 0 Å². The molecule has 6 aliphatic rings. The van der Waals surface area contributed by atoms with Gasteiger partial charge in [-0.3, -0.25) is 39.0 Å². The second-order valence-electron chi connectivity index (χ2n) is 20.7. The summed E-state index contributed by atoms with van der Waals surface area (Å²) in [6, 6.07) is 3.91. The molecule has 386 valence electrons. The number of hydrogen-bond donors (Lipinski definition) is 5. The lowest BCUT2D eigenvalue weighted by Gasteiger charge is -2.36. The number of phenolic OH excluding ortho intramolecular Hbond substituents is 2. The van der Waals surface area contributed by atoms with E-state index in [1.165, 1.54) is 13.2 Å². The number of esters is 1. The Labute approximate surface area is 419 Å². The van der Waals surface area contributed by atoms with Crippen LogP contribution in [0.4, 0.5) is 5.69 Å². The van der Waals surface area contributed by atoms with Gasteiger partial charge in [0, 0.05) is 119 Å². The Morgan fingerprint density at radius 3 is 2.33 bits per heavy atom. The first-order chi connectivity index (χ1) is 34.3. The highest BCUT2D eigenvalue weighted by Gasteiger charge is 2.50. The van der Waals surface area contributed by atoms with Crippen molar-refractivity contribution < 1.29 is 53.8 Å². The zero-order valence-corrected chi connectivity index (χ0v) is 42.4. The third-order valence-electron chi connectivity index (χ3n) is 14.8. The third-order valence-corrected chi connectivity index (χ3v) is 14.8. The maximum atomic E-state index is 14.7. The van der Waals surface area contributed by atoms with E-state index in [2.05, 4.69) is 33.9 Å². The number of ether oxygens (including phenoxy) is 3. The maximum Gasteiger partial charge on any atom is 0.315 e. The molecule has 72 heavy (non-hydrogen) atoms. The number of aliphatic hydroxyl groups is 2. The van der Waals surface area contributed by atoms with Gasteiger partial charge in [-0.1, -0.05) is 45.9 Å². The van der Waals surface area contributed by atoms with Crippen LogP contribution in [0.15, 0.2) is 70.7 Å². The lowest BCUT2D eigenvalue weighted by Crippen LogP contribution is -2.48. The monoisotopic (exact) mass is 992 g/mol. The summed E-state index contributed by atoms with van der Waals surface area (Å²) in [4.78, 5) is 76.2. The number of likely N-dealkylation sites (tertiary alicyclic amines) is 1. The number of Topliss-reactive ketones (excluding diaryl/α,β-unsaturated/α-hetero) is 1. The van der Waals surface area contributed by atoms with Gasteiger partial charge in [0.15, 0.2) is 11.4 Å². The molecule has 2 saturated heterocycles. The fourth-order valence-corrected chi connectivity index (χ4v) is 10.4. The number of carbonyl (C=O) groups is 4. The summed E-state index contributed by atoms with van der Waals surface area (Å²) in [6.45, 7) is 17.6. The molecule has 2 aromatic carbocycles. The number of piperidine rings is 1. The van der Waals surface area contributed by atoms with Crippen LogP contribution in [-0.2, 0) is 30.4 Å². The number of anilines is 1. The van der Waals surface area contributed by atoms with Gasteiger partial charge < -0.3 is 49.8 Å². The zero-order valence-electron chi connectivity index (χ0n) is 42.4. The number of rotatable bonds is 7. The first kappa shape index (κ1) is 52.1. The molecule has 0 aliphatic carbocycles. The molecule has 1 aromatic heterocycles. The Bertz CT molecular complexity index is 2800. The van der Waals surface area contributed by atoms with E-state index in [1.807, 2.05) is 12.1 Å². The van der Waals surface area contributed by atoms with E-state index in [0.717, 1.165) is 18.7 Å². The summed E-state index contributed by atoms with van der Waals surface area (Å²) in [5, 5.41) is 50.2. The van der Waals surface area contributed by atoms with E-state index in [-0.39, 0.29) is 80.5 Å². The van der Waals surface area contributed by atoms with Crippen LogP contribution >= 0.6 is 0 Å². The van der Waals surface area contributed by atoms with Gasteiger partial charge in [0.05, 0.1) is 34.8 Å². The molecule has 9 rings (SSSR count). The fourth-order valence-electron chi connectivity index (χ4n) is 10.4. The van der Waals surface area contributed by atoms with Crippen LogP contribution in [0.3, 0.4) is 0 Å². The van der Waals surface area contributed by atoms with Crippen LogP contribution in [0.5, 0.6) is 17.2 Å². The number of carbonyl (C=O) groups excluding carboxylic acids is 4. The number of benzene rings is 2. The van der Waals surface area contributed by atoms with Gasteiger partial charge in [-0.25, -0.2) is 0 Å².